The molecule has 0 atom stereocenters. The minimum atomic E-state index is -3.99. The third-order valence-electron chi connectivity index (χ3n) is 2.66. The number of rotatable bonds is 3. The summed E-state index contributed by atoms with van der Waals surface area (Å²) in [7, 11) is -3.99. The molecule has 0 fully saturated rings. The van der Waals surface area contributed by atoms with Crippen LogP contribution in [-0.4, -0.2) is 13.4 Å². The molecule has 0 amide bonds. The van der Waals surface area contributed by atoms with Gasteiger partial charge in [0.1, 0.15) is 9.92 Å². The molecule has 5 nitrogen and oxygen atoms in total. The minimum Gasteiger partial charge on any atom is -0.326 e. The van der Waals surface area contributed by atoms with Crippen LogP contribution in [0.15, 0.2) is 34.1 Å². The summed E-state index contributed by atoms with van der Waals surface area (Å²) in [5, 5.41) is 0.116. The maximum atomic E-state index is 12.3. The summed E-state index contributed by atoms with van der Waals surface area (Å²) in [6.45, 7) is 1.72. The predicted octanol–water partition coefficient (Wildman–Crippen LogP) is 3.44. The van der Waals surface area contributed by atoms with E-state index in [4.69, 9.17) is 34.8 Å². The molecule has 2 aromatic rings. The fourth-order valence-electron chi connectivity index (χ4n) is 1.54. The van der Waals surface area contributed by atoms with Gasteiger partial charge in [-0.15, -0.1) is 0 Å². The van der Waals surface area contributed by atoms with E-state index in [1.807, 2.05) is 0 Å². The van der Waals surface area contributed by atoms with Crippen molar-refractivity contribution < 1.29 is 8.42 Å². The van der Waals surface area contributed by atoms with Crippen LogP contribution in [0.4, 0.5) is 5.69 Å². The zero-order chi connectivity index (χ0) is 15.8. The summed E-state index contributed by atoms with van der Waals surface area (Å²) in [6.07, 6.45) is 1.04. The first-order valence-electron chi connectivity index (χ1n) is 5.58. The van der Waals surface area contributed by atoms with Crippen molar-refractivity contribution in [1.29, 1.82) is 0 Å². The molecule has 9 heteroatoms. The van der Waals surface area contributed by atoms with E-state index >= 15 is 0 Å². The summed E-state index contributed by atoms with van der Waals surface area (Å²) < 4.78 is 26.8. The summed E-state index contributed by atoms with van der Waals surface area (Å²) in [6, 6.07) is 4.24. The molecule has 112 valence electrons. The van der Waals surface area contributed by atoms with Gasteiger partial charge in [0.2, 0.25) is 0 Å². The highest BCUT2D eigenvalue weighted by Gasteiger charge is 2.19. The van der Waals surface area contributed by atoms with E-state index in [0.29, 0.717) is 5.56 Å². The highest BCUT2D eigenvalue weighted by molar-refractivity contribution is 7.92. The highest BCUT2D eigenvalue weighted by Crippen LogP contribution is 2.34. The van der Waals surface area contributed by atoms with Gasteiger partial charge >= 0.3 is 0 Å². The van der Waals surface area contributed by atoms with Crippen LogP contribution in [0, 0.1) is 6.92 Å². The van der Waals surface area contributed by atoms with E-state index in [1.165, 1.54) is 6.07 Å². The average molecular weight is 368 g/mol. The van der Waals surface area contributed by atoms with Gasteiger partial charge in [-0.2, -0.15) is 0 Å². The minimum absolute atomic E-state index is 0.0701. The van der Waals surface area contributed by atoms with Crippen LogP contribution in [0.25, 0.3) is 0 Å². The van der Waals surface area contributed by atoms with Gasteiger partial charge in [0.05, 0.1) is 15.7 Å². The van der Waals surface area contributed by atoms with Gasteiger partial charge in [0.15, 0.2) is 0 Å². The lowest BCUT2D eigenvalue weighted by Crippen LogP contribution is -2.16. The quantitative estimate of drug-likeness (QED) is 0.872. The second-order valence-electron chi connectivity index (χ2n) is 4.17. The number of hydrogen-bond acceptors (Lipinski definition) is 3. The van der Waals surface area contributed by atoms with E-state index in [0.717, 1.165) is 12.3 Å². The smallest absolute Gasteiger partial charge is 0.266 e. The van der Waals surface area contributed by atoms with Crippen LogP contribution in [0.2, 0.25) is 15.1 Å². The molecule has 1 aromatic carbocycles. The molecule has 0 spiro atoms. The summed E-state index contributed by atoms with van der Waals surface area (Å²) in [5.74, 6) is 0. The largest absolute Gasteiger partial charge is 0.326 e. The van der Waals surface area contributed by atoms with Crippen LogP contribution in [0.1, 0.15) is 5.56 Å². The number of benzene rings is 1. The maximum absolute atomic E-state index is 12.3. The number of sulfonamides is 1. The zero-order valence-electron chi connectivity index (χ0n) is 10.6. The Morgan fingerprint density at radius 1 is 1.14 bits per heavy atom. The van der Waals surface area contributed by atoms with Gasteiger partial charge in [0.25, 0.3) is 15.6 Å². The van der Waals surface area contributed by atoms with Crippen LogP contribution in [0.5, 0.6) is 0 Å². The van der Waals surface area contributed by atoms with Gasteiger partial charge in [-0.25, -0.2) is 8.42 Å². The first kappa shape index (κ1) is 16.2. The number of aromatic amines is 1. The van der Waals surface area contributed by atoms with E-state index in [2.05, 4.69) is 9.71 Å². The topological polar surface area (TPSA) is 79.0 Å². The van der Waals surface area contributed by atoms with E-state index in [9.17, 15) is 13.2 Å². The Hall–Kier alpha value is -1.21. The Morgan fingerprint density at radius 3 is 2.43 bits per heavy atom. The number of aryl methyl sites for hydroxylation is 1. The number of nitrogens with one attached hydrogen (secondary N) is 2. The third kappa shape index (κ3) is 3.35. The number of aromatic nitrogens is 1. The normalized spacial score (nSPS) is 11.4. The second kappa shape index (κ2) is 5.88. The van der Waals surface area contributed by atoms with Crippen molar-refractivity contribution in [2.24, 2.45) is 0 Å². The molecule has 0 aliphatic heterocycles. The lowest BCUT2D eigenvalue weighted by Gasteiger charge is -2.12. The third-order valence-corrected chi connectivity index (χ3v) is 5.07. The first-order valence-corrected chi connectivity index (χ1v) is 8.20. The molecule has 21 heavy (non-hydrogen) atoms. The van der Waals surface area contributed by atoms with Crippen molar-refractivity contribution in [3.05, 3.63) is 55.4 Å². The van der Waals surface area contributed by atoms with Crippen LogP contribution in [0.3, 0.4) is 0 Å². The molecule has 2 N–H and O–H groups in total. The average Bonchev–Trinajstić information content (AvgIpc) is 2.42. The van der Waals surface area contributed by atoms with E-state index in [-0.39, 0.29) is 25.7 Å². The van der Waals surface area contributed by atoms with Gasteiger partial charge in [-0.1, -0.05) is 40.9 Å². The molecule has 0 radical (unpaired) electrons. The van der Waals surface area contributed by atoms with Crippen LogP contribution in [-0.2, 0) is 10.0 Å². The van der Waals surface area contributed by atoms with Crippen molar-refractivity contribution >= 4 is 50.5 Å². The fourth-order valence-corrected chi connectivity index (χ4v) is 3.44. The van der Waals surface area contributed by atoms with Gasteiger partial charge in [-0.05, 0) is 24.6 Å². The van der Waals surface area contributed by atoms with Gasteiger partial charge in [0, 0.05) is 6.20 Å². The molecule has 2 rings (SSSR count). The molecule has 0 saturated carbocycles. The second-order valence-corrected chi connectivity index (χ2v) is 7.05. The molecular weight excluding hydrogens is 359 g/mol. The van der Waals surface area contributed by atoms with Crippen molar-refractivity contribution in [2.45, 2.75) is 11.8 Å². The molecule has 0 aliphatic rings. The summed E-state index contributed by atoms with van der Waals surface area (Å²) >= 11 is 17.6. The lowest BCUT2D eigenvalue weighted by molar-refractivity contribution is 0.600. The Bertz CT molecular complexity index is 863. The van der Waals surface area contributed by atoms with E-state index < -0.39 is 15.6 Å². The molecule has 0 unspecified atom stereocenters. The number of halogens is 3. The number of pyridine rings is 1. The molecule has 0 saturated heterocycles. The fraction of sp³-hybridized carbons (Fsp3) is 0.0833. The Labute approximate surface area is 135 Å². The summed E-state index contributed by atoms with van der Waals surface area (Å²) in [4.78, 5) is 13.2. The van der Waals surface area contributed by atoms with Crippen molar-refractivity contribution in [2.75, 3.05) is 4.72 Å². The Balaban J connectivity index is 2.49. The van der Waals surface area contributed by atoms with Gasteiger partial charge < -0.3 is 4.98 Å². The summed E-state index contributed by atoms with van der Waals surface area (Å²) in [5.41, 5.74) is 0.154. The standard InChI is InChI=1S/C12H9Cl3N2O3S/c1-6-2-3-8(13)11(10(6)15)17-21(19,20)7-4-9(14)12(18)16-5-7/h2-5,17H,1H3,(H,16,18). The van der Waals surface area contributed by atoms with Crippen molar-refractivity contribution in [1.82, 2.24) is 4.98 Å². The van der Waals surface area contributed by atoms with Crippen molar-refractivity contribution in [3.8, 4) is 0 Å². The molecule has 0 aliphatic carbocycles. The SMILES string of the molecule is Cc1ccc(Cl)c(NS(=O)(=O)c2c[nH]c(=O)c(Cl)c2)c1Cl. The molecule has 0 bridgehead atoms. The predicted molar refractivity (Wildman–Crippen MR) is 84.1 cm³/mol. The van der Waals surface area contributed by atoms with Crippen LogP contribution < -0.4 is 10.3 Å². The maximum Gasteiger partial charge on any atom is 0.266 e. The Morgan fingerprint density at radius 2 is 1.81 bits per heavy atom. The molecular formula is C12H9Cl3N2O3S. The van der Waals surface area contributed by atoms with Gasteiger partial charge in [-0.3, -0.25) is 9.52 Å². The number of anilines is 1. The highest BCUT2D eigenvalue weighted by atomic mass is 35.5. The zero-order valence-corrected chi connectivity index (χ0v) is 13.7. The number of hydrogen-bond donors (Lipinski definition) is 2. The van der Waals surface area contributed by atoms with Crippen LogP contribution >= 0.6 is 34.8 Å². The van der Waals surface area contributed by atoms with E-state index in [1.54, 1.807) is 13.0 Å². The number of H-pyrrole nitrogens is 1. The monoisotopic (exact) mass is 366 g/mol. The Kier molecular flexibility index (Phi) is 4.53. The molecule has 1 aromatic heterocycles. The molecule has 1 heterocycles. The first-order chi connectivity index (χ1) is 9.72. The lowest BCUT2D eigenvalue weighted by atomic mass is 10.2. The van der Waals surface area contributed by atoms with Crippen molar-refractivity contribution in [3.63, 3.8) is 0 Å².